The quantitative estimate of drug-likeness (QED) is 0.854. The van der Waals surface area contributed by atoms with Crippen LogP contribution in [0.25, 0.3) is 0 Å². The number of nitrogens with one attached hydrogen (secondary N) is 1. The summed E-state index contributed by atoms with van der Waals surface area (Å²) in [5.41, 5.74) is 0. The van der Waals surface area contributed by atoms with Crippen molar-refractivity contribution in [2.75, 3.05) is 25.2 Å². The van der Waals surface area contributed by atoms with Crippen LogP contribution in [0, 0.1) is 5.92 Å². The maximum absolute atomic E-state index is 12.2. The summed E-state index contributed by atoms with van der Waals surface area (Å²) in [4.78, 5) is 0.260. The van der Waals surface area contributed by atoms with Gasteiger partial charge in [0, 0.05) is 6.54 Å². The Kier molecular flexibility index (Phi) is 5.77. The van der Waals surface area contributed by atoms with Crippen LogP contribution in [0.15, 0.2) is 27.6 Å². The molecule has 2 rings (SSSR count). The van der Waals surface area contributed by atoms with Gasteiger partial charge in [-0.1, -0.05) is 0 Å². The van der Waals surface area contributed by atoms with Crippen molar-refractivity contribution in [2.24, 2.45) is 5.92 Å². The second kappa shape index (κ2) is 7.15. The van der Waals surface area contributed by atoms with Gasteiger partial charge in [0.1, 0.15) is 5.75 Å². The van der Waals surface area contributed by atoms with E-state index >= 15 is 0 Å². The van der Waals surface area contributed by atoms with Crippen molar-refractivity contribution >= 4 is 37.7 Å². The Balaban J connectivity index is 2.04. The van der Waals surface area contributed by atoms with Gasteiger partial charge in [0.25, 0.3) is 0 Å². The second-order valence-corrected chi connectivity index (χ2v) is 8.55. The van der Waals surface area contributed by atoms with Crippen LogP contribution in [0.1, 0.15) is 12.8 Å². The fourth-order valence-corrected chi connectivity index (χ4v) is 5.11. The molecule has 1 aromatic carbocycles. The van der Waals surface area contributed by atoms with Crippen LogP contribution >= 0.6 is 27.7 Å². The van der Waals surface area contributed by atoms with Gasteiger partial charge in [-0.2, -0.15) is 11.8 Å². The van der Waals surface area contributed by atoms with E-state index in [4.69, 9.17) is 4.74 Å². The van der Waals surface area contributed by atoms with Crippen LogP contribution in [0.2, 0.25) is 0 Å². The molecule has 1 aliphatic heterocycles. The summed E-state index contributed by atoms with van der Waals surface area (Å²) in [6.45, 7) is 0.520. The summed E-state index contributed by atoms with van der Waals surface area (Å²) in [6, 6.07) is 4.77. The first-order valence-corrected chi connectivity index (χ1v) is 9.87. The van der Waals surface area contributed by atoms with E-state index in [9.17, 15) is 8.42 Å². The minimum absolute atomic E-state index is 0.260. The molecule has 0 bridgehead atoms. The molecule has 0 unspecified atom stereocenters. The highest BCUT2D eigenvalue weighted by molar-refractivity contribution is 9.10. The summed E-state index contributed by atoms with van der Waals surface area (Å²) in [7, 11) is -1.90. The Bertz CT molecular complexity index is 557. The van der Waals surface area contributed by atoms with Crippen LogP contribution < -0.4 is 9.46 Å². The fraction of sp³-hybridized carbons (Fsp3) is 0.538. The third kappa shape index (κ3) is 4.13. The molecule has 1 fully saturated rings. The van der Waals surface area contributed by atoms with E-state index in [2.05, 4.69) is 20.7 Å². The summed E-state index contributed by atoms with van der Waals surface area (Å²) in [5, 5.41) is 0. The van der Waals surface area contributed by atoms with Gasteiger partial charge in [-0.3, -0.25) is 0 Å². The molecule has 0 spiro atoms. The van der Waals surface area contributed by atoms with Crippen molar-refractivity contribution in [3.8, 4) is 5.75 Å². The van der Waals surface area contributed by atoms with E-state index in [1.165, 1.54) is 0 Å². The zero-order chi connectivity index (χ0) is 14.6. The number of sulfonamides is 1. The maximum atomic E-state index is 12.2. The van der Waals surface area contributed by atoms with Crippen LogP contribution in [-0.2, 0) is 10.0 Å². The van der Waals surface area contributed by atoms with E-state index in [0.717, 1.165) is 24.3 Å². The van der Waals surface area contributed by atoms with Gasteiger partial charge in [0.05, 0.1) is 16.5 Å². The molecule has 4 nitrogen and oxygen atoms in total. The first kappa shape index (κ1) is 16.1. The Morgan fingerprint density at radius 1 is 1.40 bits per heavy atom. The number of hydrogen-bond acceptors (Lipinski definition) is 4. The molecule has 1 N–H and O–H groups in total. The van der Waals surface area contributed by atoms with Crippen molar-refractivity contribution in [1.82, 2.24) is 4.72 Å². The second-order valence-electron chi connectivity index (χ2n) is 4.70. The maximum Gasteiger partial charge on any atom is 0.240 e. The van der Waals surface area contributed by atoms with Crippen molar-refractivity contribution in [3.05, 3.63) is 22.7 Å². The van der Waals surface area contributed by atoms with Crippen molar-refractivity contribution in [1.29, 1.82) is 0 Å². The Labute approximate surface area is 132 Å². The topological polar surface area (TPSA) is 55.4 Å². The molecule has 20 heavy (non-hydrogen) atoms. The van der Waals surface area contributed by atoms with Gasteiger partial charge in [0.2, 0.25) is 10.0 Å². The lowest BCUT2D eigenvalue weighted by Gasteiger charge is -2.21. The van der Waals surface area contributed by atoms with Gasteiger partial charge in [-0.15, -0.1) is 0 Å². The highest BCUT2D eigenvalue weighted by Crippen LogP contribution is 2.27. The van der Waals surface area contributed by atoms with Gasteiger partial charge in [-0.25, -0.2) is 13.1 Å². The van der Waals surface area contributed by atoms with Gasteiger partial charge >= 0.3 is 0 Å². The Hall–Kier alpha value is -0.240. The van der Waals surface area contributed by atoms with Crippen molar-refractivity contribution < 1.29 is 13.2 Å². The number of hydrogen-bond donors (Lipinski definition) is 1. The number of benzene rings is 1. The van der Waals surface area contributed by atoms with Crippen LogP contribution in [-0.4, -0.2) is 33.6 Å². The van der Waals surface area contributed by atoms with Crippen LogP contribution in [0.5, 0.6) is 5.75 Å². The molecule has 1 aromatic rings. The first-order chi connectivity index (χ1) is 9.53. The largest absolute Gasteiger partial charge is 0.496 e. The third-order valence-electron chi connectivity index (χ3n) is 3.34. The lowest BCUT2D eigenvalue weighted by molar-refractivity contribution is 0.411. The third-order valence-corrected chi connectivity index (χ3v) is 6.43. The molecule has 0 aliphatic carbocycles. The lowest BCUT2D eigenvalue weighted by atomic mass is 10.0. The average Bonchev–Trinajstić information content (AvgIpc) is 2.46. The Morgan fingerprint density at radius 2 is 2.10 bits per heavy atom. The molecule has 1 aliphatic rings. The molecular weight excluding hydrogens is 362 g/mol. The molecule has 7 heteroatoms. The number of methoxy groups -OCH3 is 1. The molecule has 112 valence electrons. The molecular formula is C13H18BrNO3S2. The van der Waals surface area contributed by atoms with E-state index in [1.54, 1.807) is 25.3 Å². The van der Waals surface area contributed by atoms with E-state index in [0.29, 0.717) is 22.7 Å². The molecule has 1 saturated heterocycles. The SMILES string of the molecule is COc1ccc(S(=O)(=O)NCC2CCSCC2)cc1Br. The number of thioether (sulfide) groups is 1. The number of halogens is 1. The first-order valence-electron chi connectivity index (χ1n) is 6.44. The zero-order valence-corrected chi connectivity index (χ0v) is 14.5. The summed E-state index contributed by atoms with van der Waals surface area (Å²) in [5.74, 6) is 3.32. The monoisotopic (exact) mass is 379 g/mol. The summed E-state index contributed by atoms with van der Waals surface area (Å²) in [6.07, 6.45) is 2.17. The average molecular weight is 380 g/mol. The predicted octanol–water partition coefficient (Wildman–Crippen LogP) is 2.88. The fourth-order valence-electron chi connectivity index (χ4n) is 2.08. The van der Waals surface area contributed by atoms with Gasteiger partial charge in [-0.05, 0) is 64.4 Å². The van der Waals surface area contributed by atoms with Crippen LogP contribution in [0.4, 0.5) is 0 Å². The molecule has 0 saturated carbocycles. The van der Waals surface area contributed by atoms with Gasteiger partial charge < -0.3 is 4.74 Å². The smallest absolute Gasteiger partial charge is 0.240 e. The number of rotatable bonds is 5. The summed E-state index contributed by atoms with van der Waals surface area (Å²) < 4.78 is 32.9. The highest BCUT2D eigenvalue weighted by atomic mass is 79.9. The molecule has 0 radical (unpaired) electrons. The van der Waals surface area contributed by atoms with Crippen LogP contribution in [0.3, 0.4) is 0 Å². The molecule has 0 amide bonds. The minimum Gasteiger partial charge on any atom is -0.496 e. The Morgan fingerprint density at radius 3 is 2.70 bits per heavy atom. The molecule has 0 aromatic heterocycles. The van der Waals surface area contributed by atoms with Gasteiger partial charge in [0.15, 0.2) is 0 Å². The van der Waals surface area contributed by atoms with Crippen molar-refractivity contribution in [3.63, 3.8) is 0 Å². The van der Waals surface area contributed by atoms with E-state index in [1.807, 2.05) is 11.8 Å². The van der Waals surface area contributed by atoms with Crippen molar-refractivity contribution in [2.45, 2.75) is 17.7 Å². The van der Waals surface area contributed by atoms with E-state index < -0.39 is 10.0 Å². The minimum atomic E-state index is -3.45. The standard InChI is InChI=1S/C13H18BrNO3S2/c1-18-13-3-2-11(8-12(13)14)20(16,17)15-9-10-4-6-19-7-5-10/h2-3,8,10,15H,4-7,9H2,1H3. The predicted molar refractivity (Wildman–Crippen MR) is 85.9 cm³/mol. The summed E-state index contributed by atoms with van der Waals surface area (Å²) >= 11 is 5.24. The van der Waals surface area contributed by atoms with E-state index in [-0.39, 0.29) is 4.90 Å². The lowest BCUT2D eigenvalue weighted by Crippen LogP contribution is -2.31. The molecule has 0 atom stereocenters. The number of ether oxygens (including phenoxy) is 1. The molecule has 1 heterocycles. The zero-order valence-electron chi connectivity index (χ0n) is 11.3. The highest BCUT2D eigenvalue weighted by Gasteiger charge is 2.19. The normalized spacial score (nSPS) is 17.1.